The van der Waals surface area contributed by atoms with E-state index < -0.39 is 17.5 Å². The number of carbonyl (C=O) groups excluding carboxylic acids is 1. The molecule has 0 aromatic heterocycles. The Bertz CT molecular complexity index is 412. The number of rotatable bonds is 3. The minimum absolute atomic E-state index is 0.488. The van der Waals surface area contributed by atoms with E-state index in [9.17, 15) is 9.90 Å². The highest BCUT2D eigenvalue weighted by molar-refractivity contribution is 6.30. The molecule has 0 spiro atoms. The van der Waals surface area contributed by atoms with Crippen molar-refractivity contribution in [3.8, 4) is 0 Å². The molecule has 3 nitrogen and oxygen atoms in total. The van der Waals surface area contributed by atoms with Crippen LogP contribution >= 0.6 is 11.6 Å². The SMILES string of the molecule is COC(=O)C(O)C1(c2cccc(Cl)c2)CC1. The lowest BCUT2D eigenvalue weighted by atomic mass is 9.90. The molecule has 0 saturated heterocycles. The van der Waals surface area contributed by atoms with Gasteiger partial charge in [-0.05, 0) is 30.5 Å². The van der Waals surface area contributed by atoms with Crippen LogP contribution in [-0.2, 0) is 14.9 Å². The van der Waals surface area contributed by atoms with Crippen LogP contribution in [0.1, 0.15) is 18.4 Å². The molecule has 1 saturated carbocycles. The molecule has 1 aliphatic rings. The quantitative estimate of drug-likeness (QED) is 0.821. The maximum absolute atomic E-state index is 11.4. The number of methoxy groups -OCH3 is 1. The van der Waals surface area contributed by atoms with Gasteiger partial charge in [0.1, 0.15) is 0 Å². The van der Waals surface area contributed by atoms with Gasteiger partial charge in [-0.2, -0.15) is 0 Å². The average molecular weight is 241 g/mol. The summed E-state index contributed by atoms with van der Waals surface area (Å²) >= 11 is 5.90. The zero-order chi connectivity index (χ0) is 11.8. The molecule has 1 aromatic rings. The van der Waals surface area contributed by atoms with Gasteiger partial charge in [0, 0.05) is 10.4 Å². The molecule has 86 valence electrons. The van der Waals surface area contributed by atoms with Gasteiger partial charge >= 0.3 is 5.97 Å². The Hall–Kier alpha value is -1.06. The molecule has 1 fully saturated rings. The third-order valence-electron chi connectivity index (χ3n) is 3.14. The number of ether oxygens (including phenoxy) is 1. The van der Waals surface area contributed by atoms with Crippen LogP contribution in [0, 0.1) is 0 Å². The van der Waals surface area contributed by atoms with Crippen molar-refractivity contribution >= 4 is 17.6 Å². The summed E-state index contributed by atoms with van der Waals surface area (Å²) in [5, 5.41) is 10.5. The molecule has 1 aliphatic carbocycles. The van der Waals surface area contributed by atoms with Gasteiger partial charge in [0.05, 0.1) is 7.11 Å². The van der Waals surface area contributed by atoms with E-state index in [1.807, 2.05) is 12.1 Å². The molecule has 1 aromatic carbocycles. The van der Waals surface area contributed by atoms with Gasteiger partial charge in [-0.1, -0.05) is 23.7 Å². The zero-order valence-electron chi connectivity index (χ0n) is 8.94. The highest BCUT2D eigenvalue weighted by Gasteiger charge is 2.53. The summed E-state index contributed by atoms with van der Waals surface area (Å²) in [6, 6.07) is 7.26. The molecule has 0 amide bonds. The van der Waals surface area contributed by atoms with Crippen molar-refractivity contribution in [3.05, 3.63) is 34.9 Å². The largest absolute Gasteiger partial charge is 0.467 e. The van der Waals surface area contributed by atoms with Gasteiger partial charge < -0.3 is 9.84 Å². The van der Waals surface area contributed by atoms with E-state index in [0.29, 0.717) is 5.02 Å². The van der Waals surface area contributed by atoms with Crippen molar-refractivity contribution in [2.24, 2.45) is 0 Å². The zero-order valence-corrected chi connectivity index (χ0v) is 9.70. The summed E-state index contributed by atoms with van der Waals surface area (Å²) < 4.78 is 4.57. The first-order chi connectivity index (χ1) is 7.60. The number of esters is 1. The van der Waals surface area contributed by atoms with E-state index in [1.54, 1.807) is 12.1 Å². The highest BCUT2D eigenvalue weighted by atomic mass is 35.5. The fourth-order valence-corrected chi connectivity index (χ4v) is 2.18. The van der Waals surface area contributed by atoms with E-state index >= 15 is 0 Å². The highest BCUT2D eigenvalue weighted by Crippen LogP contribution is 2.51. The third-order valence-corrected chi connectivity index (χ3v) is 3.37. The maximum atomic E-state index is 11.4. The van der Waals surface area contributed by atoms with Crippen LogP contribution in [0.3, 0.4) is 0 Å². The van der Waals surface area contributed by atoms with E-state index in [0.717, 1.165) is 18.4 Å². The van der Waals surface area contributed by atoms with Gasteiger partial charge in [0.25, 0.3) is 0 Å². The molecular weight excluding hydrogens is 228 g/mol. The van der Waals surface area contributed by atoms with Gasteiger partial charge in [-0.3, -0.25) is 0 Å². The molecule has 1 unspecified atom stereocenters. The van der Waals surface area contributed by atoms with Crippen LogP contribution in [-0.4, -0.2) is 24.3 Å². The summed E-state index contributed by atoms with van der Waals surface area (Å²) in [6.45, 7) is 0. The normalized spacial score (nSPS) is 18.9. The first-order valence-corrected chi connectivity index (χ1v) is 5.50. The Morgan fingerprint density at radius 1 is 1.56 bits per heavy atom. The number of halogens is 1. The fourth-order valence-electron chi connectivity index (χ4n) is 1.99. The van der Waals surface area contributed by atoms with E-state index in [-0.39, 0.29) is 0 Å². The summed E-state index contributed by atoms with van der Waals surface area (Å²) in [7, 11) is 1.28. The molecule has 0 heterocycles. The van der Waals surface area contributed by atoms with Crippen molar-refractivity contribution < 1.29 is 14.6 Å². The second-order valence-corrected chi connectivity index (χ2v) is 4.53. The summed E-state index contributed by atoms with van der Waals surface area (Å²) in [5.41, 5.74) is 0.413. The molecule has 1 atom stereocenters. The Morgan fingerprint density at radius 3 is 2.75 bits per heavy atom. The minimum Gasteiger partial charge on any atom is -0.467 e. The molecular formula is C12H13ClO3. The lowest BCUT2D eigenvalue weighted by Gasteiger charge is -2.20. The Labute approximate surface area is 99.0 Å². The predicted octanol–water partition coefficient (Wildman–Crippen LogP) is 1.91. The second-order valence-electron chi connectivity index (χ2n) is 4.09. The summed E-state index contributed by atoms with van der Waals surface area (Å²) in [4.78, 5) is 11.4. The standard InChI is InChI=1S/C12H13ClO3/c1-16-11(15)10(14)12(5-6-12)8-3-2-4-9(13)7-8/h2-4,7,10,14H,5-6H2,1H3. The first kappa shape index (κ1) is 11.4. The molecule has 0 aliphatic heterocycles. The van der Waals surface area contributed by atoms with Crippen LogP contribution < -0.4 is 0 Å². The van der Waals surface area contributed by atoms with Crippen LogP contribution in [0.15, 0.2) is 24.3 Å². The molecule has 4 heteroatoms. The number of hydrogen-bond acceptors (Lipinski definition) is 3. The van der Waals surface area contributed by atoms with Gasteiger partial charge in [0.2, 0.25) is 0 Å². The number of benzene rings is 1. The first-order valence-electron chi connectivity index (χ1n) is 5.12. The van der Waals surface area contributed by atoms with Crippen molar-refractivity contribution in [1.82, 2.24) is 0 Å². The van der Waals surface area contributed by atoms with E-state index in [2.05, 4.69) is 4.74 Å². The summed E-state index contributed by atoms with van der Waals surface area (Å²) in [5.74, 6) is -0.586. The van der Waals surface area contributed by atoms with Gasteiger partial charge in [-0.15, -0.1) is 0 Å². The topological polar surface area (TPSA) is 46.5 Å². The predicted molar refractivity (Wildman–Crippen MR) is 60.4 cm³/mol. The van der Waals surface area contributed by atoms with Gasteiger partial charge in [0.15, 0.2) is 6.10 Å². The number of aliphatic hydroxyl groups is 1. The third kappa shape index (κ3) is 1.81. The van der Waals surface area contributed by atoms with Crippen molar-refractivity contribution in [1.29, 1.82) is 0 Å². The van der Waals surface area contributed by atoms with Crippen molar-refractivity contribution in [2.45, 2.75) is 24.4 Å². The monoisotopic (exact) mass is 240 g/mol. The van der Waals surface area contributed by atoms with Crippen LogP contribution in [0.5, 0.6) is 0 Å². The lowest BCUT2D eigenvalue weighted by molar-refractivity contribution is -0.152. The Morgan fingerprint density at radius 2 is 2.25 bits per heavy atom. The van der Waals surface area contributed by atoms with Crippen LogP contribution in [0.2, 0.25) is 5.02 Å². The molecule has 16 heavy (non-hydrogen) atoms. The van der Waals surface area contributed by atoms with Gasteiger partial charge in [-0.25, -0.2) is 4.79 Å². The van der Waals surface area contributed by atoms with Crippen molar-refractivity contribution in [2.75, 3.05) is 7.11 Å². The van der Waals surface area contributed by atoms with Crippen molar-refractivity contribution in [3.63, 3.8) is 0 Å². The smallest absolute Gasteiger partial charge is 0.335 e. The number of aliphatic hydroxyl groups excluding tert-OH is 1. The minimum atomic E-state index is -1.10. The molecule has 0 radical (unpaired) electrons. The lowest BCUT2D eigenvalue weighted by Crippen LogP contribution is -2.34. The average Bonchev–Trinajstić information content (AvgIpc) is 3.08. The molecule has 1 N–H and O–H groups in total. The molecule has 0 bridgehead atoms. The Balaban J connectivity index is 2.29. The van der Waals surface area contributed by atoms with E-state index in [4.69, 9.17) is 11.6 Å². The van der Waals surface area contributed by atoms with Crippen LogP contribution in [0.4, 0.5) is 0 Å². The Kier molecular flexibility index (Phi) is 2.91. The molecule has 2 rings (SSSR count). The summed E-state index contributed by atoms with van der Waals surface area (Å²) in [6.07, 6.45) is 0.462. The fraction of sp³-hybridized carbons (Fsp3) is 0.417. The number of hydrogen-bond donors (Lipinski definition) is 1. The maximum Gasteiger partial charge on any atom is 0.335 e. The second kappa shape index (κ2) is 4.07. The number of carbonyl (C=O) groups is 1. The van der Waals surface area contributed by atoms with Crippen LogP contribution in [0.25, 0.3) is 0 Å². The van der Waals surface area contributed by atoms with E-state index in [1.165, 1.54) is 7.11 Å².